The van der Waals surface area contributed by atoms with Crippen molar-refractivity contribution in [3.05, 3.63) is 39.9 Å². The smallest absolute Gasteiger partial charge is 0.315 e. The number of non-ortho nitro benzene ring substituents is 1. The van der Waals surface area contributed by atoms with Crippen molar-refractivity contribution in [1.82, 2.24) is 0 Å². The van der Waals surface area contributed by atoms with Gasteiger partial charge in [0.1, 0.15) is 13.0 Å². The summed E-state index contributed by atoms with van der Waals surface area (Å²) in [5.74, 6) is -0.715. The van der Waals surface area contributed by atoms with Crippen LogP contribution in [-0.4, -0.2) is 23.4 Å². The van der Waals surface area contributed by atoms with Crippen molar-refractivity contribution in [2.75, 3.05) is 6.61 Å². The molecule has 0 heterocycles. The topological polar surface area (TPSA) is 103 Å². The number of ether oxygens (including phenoxy) is 2. The molecule has 0 aliphatic rings. The Bertz CT molecular complexity index is 470. The molecular formula is C12H14N2O5. The van der Waals surface area contributed by atoms with E-state index < -0.39 is 10.9 Å². The molecule has 0 fully saturated rings. The first-order valence-electron chi connectivity index (χ1n) is 5.62. The quantitative estimate of drug-likeness (QED) is 0.279. The molecule has 0 unspecified atom stereocenters. The number of benzene rings is 1. The highest BCUT2D eigenvalue weighted by molar-refractivity contribution is 5.92. The van der Waals surface area contributed by atoms with Gasteiger partial charge in [-0.05, 0) is 24.6 Å². The molecule has 1 aromatic carbocycles. The van der Waals surface area contributed by atoms with Crippen molar-refractivity contribution in [3.8, 4) is 0 Å². The lowest BCUT2D eigenvalue weighted by Crippen LogP contribution is -2.13. The summed E-state index contributed by atoms with van der Waals surface area (Å²) in [6, 6.07) is 5.70. The van der Waals surface area contributed by atoms with Gasteiger partial charge in [0.05, 0.1) is 11.5 Å². The third kappa shape index (κ3) is 5.15. The number of esters is 1. The van der Waals surface area contributed by atoms with Gasteiger partial charge in [0.15, 0.2) is 5.90 Å². The van der Waals surface area contributed by atoms with Crippen LogP contribution >= 0.6 is 0 Å². The fourth-order valence-corrected chi connectivity index (χ4v) is 1.29. The van der Waals surface area contributed by atoms with Crippen LogP contribution in [0.3, 0.4) is 0 Å². The van der Waals surface area contributed by atoms with E-state index in [1.54, 1.807) is 6.92 Å². The van der Waals surface area contributed by atoms with Gasteiger partial charge in [0.25, 0.3) is 5.69 Å². The van der Waals surface area contributed by atoms with Crippen LogP contribution in [-0.2, 0) is 20.9 Å². The number of carbonyl (C=O) groups is 1. The molecule has 0 aromatic heterocycles. The van der Waals surface area contributed by atoms with Crippen molar-refractivity contribution in [1.29, 1.82) is 5.41 Å². The normalized spacial score (nSPS) is 9.74. The molecule has 0 bridgehead atoms. The van der Waals surface area contributed by atoms with Crippen LogP contribution in [0.15, 0.2) is 24.3 Å². The van der Waals surface area contributed by atoms with Crippen molar-refractivity contribution in [2.45, 2.75) is 20.0 Å². The van der Waals surface area contributed by atoms with E-state index in [4.69, 9.17) is 14.9 Å². The zero-order valence-electron chi connectivity index (χ0n) is 10.4. The average Bonchev–Trinajstić information content (AvgIpc) is 2.37. The highest BCUT2D eigenvalue weighted by atomic mass is 16.6. The van der Waals surface area contributed by atoms with E-state index in [9.17, 15) is 14.9 Å². The molecule has 7 nitrogen and oxygen atoms in total. The maximum atomic E-state index is 11.3. The maximum Gasteiger partial charge on any atom is 0.315 e. The molecular weight excluding hydrogens is 252 g/mol. The third-order valence-corrected chi connectivity index (χ3v) is 2.17. The van der Waals surface area contributed by atoms with Crippen molar-refractivity contribution in [3.63, 3.8) is 0 Å². The summed E-state index contributed by atoms with van der Waals surface area (Å²) in [6.07, 6.45) is -0.221. The summed E-state index contributed by atoms with van der Waals surface area (Å²) >= 11 is 0. The van der Waals surface area contributed by atoms with Crippen LogP contribution in [0.1, 0.15) is 18.9 Å². The zero-order valence-corrected chi connectivity index (χ0v) is 10.4. The van der Waals surface area contributed by atoms with Crippen LogP contribution in [0.4, 0.5) is 5.69 Å². The summed E-state index contributed by atoms with van der Waals surface area (Å²) in [7, 11) is 0. The van der Waals surface area contributed by atoms with Crippen molar-refractivity contribution >= 4 is 17.6 Å². The average molecular weight is 266 g/mol. The second kappa shape index (κ2) is 7.10. The SMILES string of the molecule is CCOC(=N)CC(=O)OCc1ccc([N+](=O)[O-])cc1. The molecule has 102 valence electrons. The number of hydrogen-bond donors (Lipinski definition) is 1. The van der Waals surface area contributed by atoms with Gasteiger partial charge in [-0.3, -0.25) is 20.3 Å². The Morgan fingerprint density at radius 2 is 1.95 bits per heavy atom. The van der Waals surface area contributed by atoms with Gasteiger partial charge in [0.2, 0.25) is 0 Å². The second-order valence-corrected chi connectivity index (χ2v) is 3.62. The van der Waals surface area contributed by atoms with E-state index >= 15 is 0 Å². The molecule has 1 rings (SSSR count). The molecule has 0 atom stereocenters. The van der Waals surface area contributed by atoms with Gasteiger partial charge in [-0.1, -0.05) is 0 Å². The minimum atomic E-state index is -0.572. The third-order valence-electron chi connectivity index (χ3n) is 2.17. The fourth-order valence-electron chi connectivity index (χ4n) is 1.29. The van der Waals surface area contributed by atoms with Gasteiger partial charge < -0.3 is 9.47 Å². The first-order chi connectivity index (χ1) is 9.02. The molecule has 1 N–H and O–H groups in total. The van der Waals surface area contributed by atoms with Crippen molar-refractivity contribution in [2.24, 2.45) is 0 Å². The lowest BCUT2D eigenvalue weighted by Gasteiger charge is -2.06. The Hall–Kier alpha value is -2.44. The number of nitro benzene ring substituents is 1. The standard InChI is InChI=1S/C12H14N2O5/c1-2-18-11(13)7-12(15)19-8-9-3-5-10(6-4-9)14(16)17/h3-6,13H,2,7-8H2,1H3. The number of nitro groups is 1. The number of nitrogens with one attached hydrogen (secondary N) is 1. The Morgan fingerprint density at radius 1 is 1.32 bits per heavy atom. The maximum absolute atomic E-state index is 11.3. The fraction of sp³-hybridized carbons (Fsp3) is 0.333. The first-order valence-corrected chi connectivity index (χ1v) is 5.62. The van der Waals surface area contributed by atoms with Gasteiger partial charge in [-0.15, -0.1) is 0 Å². The van der Waals surface area contributed by atoms with E-state index in [0.29, 0.717) is 12.2 Å². The first kappa shape index (κ1) is 14.6. The van der Waals surface area contributed by atoms with E-state index in [2.05, 4.69) is 0 Å². The summed E-state index contributed by atoms with van der Waals surface area (Å²) in [4.78, 5) is 21.3. The Labute approximate surface area is 109 Å². The molecule has 0 saturated heterocycles. The second-order valence-electron chi connectivity index (χ2n) is 3.62. The lowest BCUT2D eigenvalue weighted by atomic mass is 10.2. The molecule has 0 amide bonds. The minimum absolute atomic E-state index is 0.0102. The summed E-state index contributed by atoms with van der Waals surface area (Å²) in [6.45, 7) is 2.06. The van der Waals surface area contributed by atoms with Crippen LogP contribution < -0.4 is 0 Å². The van der Waals surface area contributed by atoms with Gasteiger partial charge in [-0.25, -0.2) is 0 Å². The molecule has 0 aliphatic carbocycles. The van der Waals surface area contributed by atoms with Gasteiger partial charge in [-0.2, -0.15) is 0 Å². The van der Waals surface area contributed by atoms with Crippen LogP contribution in [0, 0.1) is 15.5 Å². The Morgan fingerprint density at radius 3 is 2.47 bits per heavy atom. The number of hydrogen-bond acceptors (Lipinski definition) is 6. The predicted octanol–water partition coefficient (Wildman–Crippen LogP) is 2.04. The zero-order chi connectivity index (χ0) is 14.3. The summed E-state index contributed by atoms with van der Waals surface area (Å²) in [5, 5.41) is 17.7. The molecule has 0 aliphatic heterocycles. The van der Waals surface area contributed by atoms with Crippen molar-refractivity contribution < 1.29 is 19.2 Å². The molecule has 19 heavy (non-hydrogen) atoms. The number of nitrogens with zero attached hydrogens (tertiary/aromatic N) is 1. The highest BCUT2D eigenvalue weighted by Gasteiger charge is 2.09. The van der Waals surface area contributed by atoms with E-state index in [1.165, 1.54) is 24.3 Å². The van der Waals surface area contributed by atoms with Crippen LogP contribution in [0.25, 0.3) is 0 Å². The monoisotopic (exact) mass is 266 g/mol. The molecule has 0 spiro atoms. The lowest BCUT2D eigenvalue weighted by molar-refractivity contribution is -0.384. The largest absolute Gasteiger partial charge is 0.481 e. The van der Waals surface area contributed by atoms with E-state index in [1.807, 2.05) is 0 Å². The van der Waals surface area contributed by atoms with Gasteiger partial charge in [0, 0.05) is 12.1 Å². The molecule has 7 heteroatoms. The van der Waals surface area contributed by atoms with Gasteiger partial charge >= 0.3 is 5.97 Å². The summed E-state index contributed by atoms with van der Waals surface area (Å²) in [5.41, 5.74) is 0.620. The summed E-state index contributed by atoms with van der Waals surface area (Å²) < 4.78 is 9.73. The predicted molar refractivity (Wildman–Crippen MR) is 66.9 cm³/mol. The Kier molecular flexibility index (Phi) is 5.46. The molecule has 0 saturated carbocycles. The minimum Gasteiger partial charge on any atom is -0.481 e. The van der Waals surface area contributed by atoms with Crippen LogP contribution in [0.5, 0.6) is 0 Å². The number of rotatable bonds is 6. The molecule has 1 aromatic rings. The molecule has 0 radical (unpaired) electrons. The number of carbonyl (C=O) groups excluding carboxylic acids is 1. The van der Waals surface area contributed by atoms with E-state index in [0.717, 1.165) is 0 Å². The Balaban J connectivity index is 2.42. The highest BCUT2D eigenvalue weighted by Crippen LogP contribution is 2.12. The van der Waals surface area contributed by atoms with Crippen LogP contribution in [0.2, 0.25) is 0 Å². The van der Waals surface area contributed by atoms with E-state index in [-0.39, 0.29) is 24.6 Å².